The molecule has 0 N–H and O–H groups in total. The Kier molecular flexibility index (Phi) is 5.09. The zero-order valence-corrected chi connectivity index (χ0v) is 18.2. The van der Waals surface area contributed by atoms with Crippen molar-refractivity contribution in [2.24, 2.45) is 0 Å². The van der Waals surface area contributed by atoms with Gasteiger partial charge in [0.15, 0.2) is 0 Å². The van der Waals surface area contributed by atoms with E-state index in [4.69, 9.17) is 4.52 Å². The number of hydrogen-bond donors (Lipinski definition) is 0. The smallest absolute Gasteiger partial charge is 0.245 e. The highest BCUT2D eigenvalue weighted by Gasteiger charge is 2.41. The second-order valence-electron chi connectivity index (χ2n) is 7.20. The molecule has 1 aromatic carbocycles. The van der Waals surface area contributed by atoms with Gasteiger partial charge in [0.05, 0.1) is 11.7 Å². The Labute approximate surface area is 172 Å². The lowest BCUT2D eigenvalue weighted by molar-refractivity contribution is -0.118. The van der Waals surface area contributed by atoms with E-state index in [0.29, 0.717) is 54.0 Å². The van der Waals surface area contributed by atoms with Gasteiger partial charge in [-0.3, -0.25) is 4.79 Å². The molecule has 150 valence electrons. The lowest BCUT2D eigenvalue weighted by Crippen LogP contribution is -2.34. The fraction of sp³-hybridized carbons (Fsp3) is 0.474. The summed E-state index contributed by atoms with van der Waals surface area (Å²) in [4.78, 5) is 14.2. The van der Waals surface area contributed by atoms with E-state index in [1.54, 1.807) is 30.9 Å². The van der Waals surface area contributed by atoms with E-state index in [9.17, 15) is 13.2 Å². The lowest BCUT2D eigenvalue weighted by Gasteiger charge is -2.26. The number of hydrogen-bond acceptors (Lipinski definition) is 5. The maximum atomic E-state index is 13.7. The Hall–Kier alpha value is -1.71. The molecule has 7 nitrogen and oxygen atoms in total. The summed E-state index contributed by atoms with van der Waals surface area (Å²) in [5.41, 5.74) is 2.03. The molecule has 9 heteroatoms. The molecule has 1 fully saturated rings. The van der Waals surface area contributed by atoms with Gasteiger partial charge in [0, 0.05) is 30.0 Å². The molecule has 0 radical (unpaired) electrons. The summed E-state index contributed by atoms with van der Waals surface area (Å²) in [6.07, 6.45) is 2.43. The maximum absolute atomic E-state index is 13.7. The Morgan fingerprint density at radius 3 is 2.79 bits per heavy atom. The number of rotatable bonds is 4. The topological polar surface area (TPSA) is 83.7 Å². The number of nitrogens with zero attached hydrogens (tertiary/aromatic N) is 3. The van der Waals surface area contributed by atoms with Crippen molar-refractivity contribution >= 4 is 37.5 Å². The highest BCUT2D eigenvalue weighted by molar-refractivity contribution is 9.10. The molecule has 2 aromatic rings. The summed E-state index contributed by atoms with van der Waals surface area (Å²) in [6, 6.07) is 4.95. The number of sulfonamides is 1. The molecule has 2 aliphatic heterocycles. The highest BCUT2D eigenvalue weighted by Crippen LogP contribution is 2.43. The van der Waals surface area contributed by atoms with E-state index in [1.807, 2.05) is 6.07 Å². The minimum Gasteiger partial charge on any atom is -0.361 e. The normalized spacial score (nSPS) is 20.0. The summed E-state index contributed by atoms with van der Waals surface area (Å²) >= 11 is 3.44. The van der Waals surface area contributed by atoms with Gasteiger partial charge >= 0.3 is 0 Å². The van der Waals surface area contributed by atoms with Gasteiger partial charge < -0.3 is 9.42 Å². The average molecular weight is 468 g/mol. The summed E-state index contributed by atoms with van der Waals surface area (Å²) in [5, 5.41) is 4.05. The van der Waals surface area contributed by atoms with E-state index in [-0.39, 0.29) is 16.8 Å². The van der Waals surface area contributed by atoms with Crippen LogP contribution < -0.4 is 4.90 Å². The van der Waals surface area contributed by atoms with Crippen molar-refractivity contribution in [2.75, 3.05) is 18.0 Å². The highest BCUT2D eigenvalue weighted by atomic mass is 79.9. The van der Waals surface area contributed by atoms with E-state index in [1.165, 1.54) is 4.31 Å². The first-order valence-electron chi connectivity index (χ1n) is 9.40. The number of aryl methyl sites for hydroxylation is 1. The van der Waals surface area contributed by atoms with Crippen LogP contribution in [0.25, 0.3) is 0 Å². The van der Waals surface area contributed by atoms with E-state index >= 15 is 0 Å². The molecular weight excluding hydrogens is 446 g/mol. The molecule has 0 spiro atoms. The van der Waals surface area contributed by atoms with E-state index < -0.39 is 10.0 Å². The fourth-order valence-corrected chi connectivity index (χ4v) is 6.69. The second-order valence-corrected chi connectivity index (χ2v) is 9.97. The van der Waals surface area contributed by atoms with Gasteiger partial charge in [-0.15, -0.1) is 0 Å². The molecule has 0 aliphatic carbocycles. The molecule has 0 unspecified atom stereocenters. The van der Waals surface area contributed by atoms with Gasteiger partial charge in [0.1, 0.15) is 16.3 Å². The number of amides is 1. The number of carbonyl (C=O) groups is 1. The molecule has 2 aliphatic rings. The van der Waals surface area contributed by atoms with Crippen molar-refractivity contribution in [3.63, 3.8) is 0 Å². The Bertz CT molecular complexity index is 1030. The van der Waals surface area contributed by atoms with Crippen molar-refractivity contribution in [3.8, 4) is 0 Å². The lowest BCUT2D eigenvalue weighted by atomic mass is 10.1. The Balaban J connectivity index is 1.81. The summed E-state index contributed by atoms with van der Waals surface area (Å²) in [6.45, 7) is 4.51. The quantitative estimate of drug-likeness (QED) is 0.685. The predicted molar refractivity (Wildman–Crippen MR) is 108 cm³/mol. The molecule has 1 amide bonds. The first-order valence-corrected chi connectivity index (χ1v) is 11.6. The largest absolute Gasteiger partial charge is 0.361 e. The number of fused-ring (bicyclic) bond motifs is 1. The standard InChI is InChI=1S/C19H22BrN3O4S/c1-3-18(24)22-8-6-13-10-14(20)11-17(19(13)22)28(25,26)23-7-4-5-16(23)15-9-12(2)27-21-15/h9-11,16H,3-8H2,1-2H3/t16-/m0/s1. The maximum Gasteiger partial charge on any atom is 0.245 e. The molecule has 0 bridgehead atoms. The van der Waals surface area contributed by atoms with Crippen LogP contribution in [0, 0.1) is 6.92 Å². The summed E-state index contributed by atoms with van der Waals surface area (Å²) in [5.74, 6) is 0.588. The number of benzene rings is 1. The van der Waals surface area contributed by atoms with Gasteiger partial charge in [0.2, 0.25) is 15.9 Å². The van der Waals surface area contributed by atoms with Crippen molar-refractivity contribution in [3.05, 3.63) is 39.7 Å². The van der Waals surface area contributed by atoms with Crippen LogP contribution in [0.4, 0.5) is 5.69 Å². The van der Waals surface area contributed by atoms with Crippen LogP contribution in [-0.4, -0.2) is 36.9 Å². The van der Waals surface area contributed by atoms with Gasteiger partial charge in [-0.25, -0.2) is 8.42 Å². The van der Waals surface area contributed by atoms with Crippen molar-refractivity contribution in [1.29, 1.82) is 0 Å². The molecule has 0 saturated carbocycles. The van der Waals surface area contributed by atoms with Crippen LogP contribution in [0.3, 0.4) is 0 Å². The van der Waals surface area contributed by atoms with E-state index in [2.05, 4.69) is 21.1 Å². The minimum absolute atomic E-state index is 0.0670. The second kappa shape index (κ2) is 7.27. The van der Waals surface area contributed by atoms with Gasteiger partial charge in [-0.1, -0.05) is 28.0 Å². The summed E-state index contributed by atoms with van der Waals surface area (Å²) in [7, 11) is -3.82. The fourth-order valence-electron chi connectivity index (χ4n) is 4.10. The number of carbonyl (C=O) groups excluding carboxylic acids is 1. The Morgan fingerprint density at radius 2 is 2.11 bits per heavy atom. The molecule has 28 heavy (non-hydrogen) atoms. The molecular formula is C19H22BrN3O4S. The van der Waals surface area contributed by atoms with Crippen molar-refractivity contribution in [2.45, 2.75) is 50.5 Å². The van der Waals surface area contributed by atoms with Crippen LogP contribution >= 0.6 is 15.9 Å². The van der Waals surface area contributed by atoms with Crippen LogP contribution in [0.2, 0.25) is 0 Å². The van der Waals surface area contributed by atoms with Crippen LogP contribution in [0.5, 0.6) is 0 Å². The molecule has 1 saturated heterocycles. The number of anilines is 1. The average Bonchev–Trinajstić information content (AvgIpc) is 3.38. The summed E-state index contributed by atoms with van der Waals surface area (Å²) < 4.78 is 34.8. The van der Waals surface area contributed by atoms with Gasteiger partial charge in [-0.05, 0) is 43.9 Å². The van der Waals surface area contributed by atoms with Crippen LogP contribution in [-0.2, 0) is 21.2 Å². The molecule has 3 heterocycles. The minimum atomic E-state index is -3.82. The van der Waals surface area contributed by atoms with Gasteiger partial charge in [0.25, 0.3) is 0 Å². The van der Waals surface area contributed by atoms with Crippen LogP contribution in [0.15, 0.2) is 32.1 Å². The molecule has 4 rings (SSSR count). The van der Waals surface area contributed by atoms with Gasteiger partial charge in [-0.2, -0.15) is 4.31 Å². The zero-order valence-electron chi connectivity index (χ0n) is 15.8. The van der Waals surface area contributed by atoms with Crippen molar-refractivity contribution in [1.82, 2.24) is 9.46 Å². The predicted octanol–water partition coefficient (Wildman–Crippen LogP) is 3.57. The van der Waals surface area contributed by atoms with Crippen molar-refractivity contribution < 1.29 is 17.7 Å². The van der Waals surface area contributed by atoms with E-state index in [0.717, 1.165) is 12.0 Å². The third-order valence-corrected chi connectivity index (χ3v) is 7.75. The Morgan fingerprint density at radius 1 is 1.32 bits per heavy atom. The zero-order chi connectivity index (χ0) is 20.1. The number of halogens is 1. The monoisotopic (exact) mass is 467 g/mol. The number of aromatic nitrogens is 1. The first kappa shape index (κ1) is 19.6. The van der Waals surface area contributed by atoms with Crippen LogP contribution in [0.1, 0.15) is 49.2 Å². The molecule has 1 aromatic heterocycles. The third-order valence-electron chi connectivity index (χ3n) is 5.37. The first-order chi connectivity index (χ1) is 13.3. The molecule has 1 atom stereocenters. The SMILES string of the molecule is CCC(=O)N1CCc2cc(Br)cc(S(=O)(=O)N3CCC[C@H]3c3cc(C)on3)c21. The third kappa shape index (κ3) is 3.19.